The Morgan fingerprint density at radius 1 is 1.41 bits per heavy atom. The van der Waals surface area contributed by atoms with Gasteiger partial charge in [-0.2, -0.15) is 0 Å². The molecular formula is C14H20N2O. The van der Waals surface area contributed by atoms with Gasteiger partial charge in [0.1, 0.15) is 0 Å². The van der Waals surface area contributed by atoms with Crippen molar-refractivity contribution in [1.82, 2.24) is 4.90 Å². The first-order valence-electron chi connectivity index (χ1n) is 6.24. The van der Waals surface area contributed by atoms with E-state index in [1.807, 2.05) is 42.3 Å². The average molecular weight is 232 g/mol. The van der Waals surface area contributed by atoms with Gasteiger partial charge in [-0.25, -0.2) is 0 Å². The maximum absolute atomic E-state index is 12.1. The second-order valence-corrected chi connectivity index (χ2v) is 4.83. The van der Waals surface area contributed by atoms with Crippen LogP contribution in [0.15, 0.2) is 30.3 Å². The molecule has 3 nitrogen and oxygen atoms in total. The second kappa shape index (κ2) is 5.32. The zero-order chi connectivity index (χ0) is 12.3. The number of nitrogens with zero attached hydrogens (tertiary/aromatic N) is 1. The predicted molar refractivity (Wildman–Crippen MR) is 68.5 cm³/mol. The summed E-state index contributed by atoms with van der Waals surface area (Å²) in [4.78, 5) is 13.9. The van der Waals surface area contributed by atoms with Crippen LogP contribution in [0.3, 0.4) is 0 Å². The van der Waals surface area contributed by atoms with Gasteiger partial charge in [-0.05, 0) is 31.2 Å². The van der Waals surface area contributed by atoms with Crippen molar-refractivity contribution in [2.24, 2.45) is 5.73 Å². The molecule has 0 radical (unpaired) electrons. The molecule has 3 heteroatoms. The lowest BCUT2D eigenvalue weighted by atomic mass is 9.91. The Hall–Kier alpha value is -1.35. The highest BCUT2D eigenvalue weighted by atomic mass is 16.2. The van der Waals surface area contributed by atoms with Crippen molar-refractivity contribution < 1.29 is 4.79 Å². The van der Waals surface area contributed by atoms with Crippen LogP contribution in [0.25, 0.3) is 0 Å². The normalized spacial score (nSPS) is 17.3. The largest absolute Gasteiger partial charge is 0.341 e. The second-order valence-electron chi connectivity index (χ2n) is 4.83. The summed E-state index contributed by atoms with van der Waals surface area (Å²) in [6.45, 7) is 0. The lowest BCUT2D eigenvalue weighted by Gasteiger charge is -2.36. The first kappa shape index (κ1) is 12.1. The lowest BCUT2D eigenvalue weighted by molar-refractivity contribution is -0.134. The van der Waals surface area contributed by atoms with E-state index < -0.39 is 6.04 Å². The molecule has 0 aliphatic heterocycles. The van der Waals surface area contributed by atoms with Gasteiger partial charge < -0.3 is 10.6 Å². The van der Waals surface area contributed by atoms with Gasteiger partial charge in [0.25, 0.3) is 0 Å². The summed E-state index contributed by atoms with van der Waals surface area (Å²) in [6, 6.07) is 9.95. The third-order valence-corrected chi connectivity index (χ3v) is 3.59. The molecule has 1 fully saturated rings. The molecular weight excluding hydrogens is 212 g/mol. The molecule has 17 heavy (non-hydrogen) atoms. The zero-order valence-corrected chi connectivity index (χ0v) is 10.3. The van der Waals surface area contributed by atoms with Crippen molar-refractivity contribution in [1.29, 1.82) is 0 Å². The molecule has 0 aromatic heterocycles. The predicted octanol–water partition coefficient (Wildman–Crippen LogP) is 1.57. The van der Waals surface area contributed by atoms with E-state index >= 15 is 0 Å². The number of nitrogens with two attached hydrogens (primary N) is 1. The minimum atomic E-state index is -0.414. The number of carbonyl (C=O) groups excluding carboxylic acids is 1. The summed E-state index contributed by atoms with van der Waals surface area (Å²) >= 11 is 0. The Bertz CT molecular complexity index is 373. The van der Waals surface area contributed by atoms with Crippen LogP contribution in [0, 0.1) is 0 Å². The molecule has 0 saturated heterocycles. The molecule has 0 spiro atoms. The molecule has 2 rings (SSSR count). The van der Waals surface area contributed by atoms with Gasteiger partial charge in [0.15, 0.2) is 0 Å². The van der Waals surface area contributed by atoms with Crippen LogP contribution in [0.4, 0.5) is 0 Å². The molecule has 1 amide bonds. The minimum Gasteiger partial charge on any atom is -0.341 e. The molecule has 0 unspecified atom stereocenters. The molecule has 2 N–H and O–H groups in total. The number of carbonyl (C=O) groups is 1. The van der Waals surface area contributed by atoms with Crippen LogP contribution in [0.1, 0.15) is 24.8 Å². The van der Waals surface area contributed by atoms with Gasteiger partial charge >= 0.3 is 0 Å². The summed E-state index contributed by atoms with van der Waals surface area (Å²) in [5, 5.41) is 0. The van der Waals surface area contributed by atoms with Crippen LogP contribution in [0.2, 0.25) is 0 Å². The highest BCUT2D eigenvalue weighted by Gasteiger charge is 2.28. The van der Waals surface area contributed by atoms with E-state index in [1.165, 1.54) is 6.42 Å². The number of hydrogen-bond acceptors (Lipinski definition) is 2. The van der Waals surface area contributed by atoms with Crippen LogP contribution in [-0.2, 0) is 11.2 Å². The number of hydrogen-bond donors (Lipinski definition) is 1. The molecule has 0 bridgehead atoms. The molecule has 1 aliphatic carbocycles. The third-order valence-electron chi connectivity index (χ3n) is 3.59. The van der Waals surface area contributed by atoms with Gasteiger partial charge in [0.05, 0.1) is 6.04 Å². The van der Waals surface area contributed by atoms with Gasteiger partial charge in [-0.3, -0.25) is 4.79 Å². The van der Waals surface area contributed by atoms with Crippen LogP contribution < -0.4 is 5.73 Å². The van der Waals surface area contributed by atoms with E-state index in [9.17, 15) is 4.79 Å². The highest BCUT2D eigenvalue weighted by Crippen LogP contribution is 2.24. The van der Waals surface area contributed by atoms with E-state index in [2.05, 4.69) is 0 Å². The van der Waals surface area contributed by atoms with Crippen molar-refractivity contribution in [3.8, 4) is 0 Å². The summed E-state index contributed by atoms with van der Waals surface area (Å²) < 4.78 is 0. The standard InChI is InChI=1S/C14H20N2O/c1-16(12-8-5-9-12)14(17)13(15)10-11-6-3-2-4-7-11/h2-4,6-7,12-13H,5,8-10,15H2,1H3/t13-/m0/s1. The molecule has 0 heterocycles. The Balaban J connectivity index is 1.90. The summed E-state index contributed by atoms with van der Waals surface area (Å²) in [5.41, 5.74) is 7.10. The van der Waals surface area contributed by atoms with Gasteiger partial charge in [-0.15, -0.1) is 0 Å². The van der Waals surface area contributed by atoms with Gasteiger partial charge in [-0.1, -0.05) is 30.3 Å². The first-order valence-corrected chi connectivity index (χ1v) is 6.24. The number of amides is 1. The van der Waals surface area contributed by atoms with Gasteiger partial charge in [0, 0.05) is 13.1 Å². The topological polar surface area (TPSA) is 46.3 Å². The summed E-state index contributed by atoms with van der Waals surface area (Å²) in [7, 11) is 1.87. The van der Waals surface area contributed by atoms with Gasteiger partial charge in [0.2, 0.25) is 5.91 Å². The molecule has 1 aromatic rings. The monoisotopic (exact) mass is 232 g/mol. The highest BCUT2D eigenvalue weighted by molar-refractivity contribution is 5.82. The smallest absolute Gasteiger partial charge is 0.239 e. The van der Waals surface area contributed by atoms with Crippen molar-refractivity contribution in [2.75, 3.05) is 7.05 Å². The number of likely N-dealkylation sites (N-methyl/N-ethyl adjacent to an activating group) is 1. The number of rotatable bonds is 4. The SMILES string of the molecule is CN(C(=O)[C@@H](N)Cc1ccccc1)C1CCC1. The quantitative estimate of drug-likeness (QED) is 0.856. The summed E-state index contributed by atoms with van der Waals surface area (Å²) in [6.07, 6.45) is 4.10. The molecule has 1 aromatic carbocycles. The van der Waals surface area contributed by atoms with E-state index in [1.54, 1.807) is 0 Å². The Labute approximate surface area is 103 Å². The Morgan fingerprint density at radius 2 is 2.06 bits per heavy atom. The van der Waals surface area contributed by atoms with E-state index in [4.69, 9.17) is 5.73 Å². The van der Waals surface area contributed by atoms with Crippen LogP contribution >= 0.6 is 0 Å². The summed E-state index contributed by atoms with van der Waals surface area (Å²) in [5.74, 6) is 0.0681. The van der Waals surface area contributed by atoms with E-state index in [0.717, 1.165) is 18.4 Å². The lowest BCUT2D eigenvalue weighted by Crippen LogP contribution is -2.49. The number of benzene rings is 1. The van der Waals surface area contributed by atoms with Crippen molar-refractivity contribution in [3.05, 3.63) is 35.9 Å². The van der Waals surface area contributed by atoms with Crippen molar-refractivity contribution in [2.45, 2.75) is 37.8 Å². The average Bonchev–Trinajstić information content (AvgIpc) is 2.27. The Kier molecular flexibility index (Phi) is 3.79. The fraction of sp³-hybridized carbons (Fsp3) is 0.500. The molecule has 1 aliphatic rings. The van der Waals surface area contributed by atoms with Crippen LogP contribution in [-0.4, -0.2) is 29.9 Å². The van der Waals surface area contributed by atoms with Crippen molar-refractivity contribution >= 4 is 5.91 Å². The molecule has 1 atom stereocenters. The fourth-order valence-electron chi connectivity index (χ4n) is 2.17. The van der Waals surface area contributed by atoms with Crippen LogP contribution in [0.5, 0.6) is 0 Å². The maximum Gasteiger partial charge on any atom is 0.239 e. The van der Waals surface area contributed by atoms with E-state index in [-0.39, 0.29) is 5.91 Å². The van der Waals surface area contributed by atoms with E-state index in [0.29, 0.717) is 12.5 Å². The molecule has 1 saturated carbocycles. The molecule has 92 valence electrons. The fourth-order valence-corrected chi connectivity index (χ4v) is 2.17. The minimum absolute atomic E-state index is 0.0681. The first-order chi connectivity index (χ1) is 8.18. The maximum atomic E-state index is 12.1. The van der Waals surface area contributed by atoms with Crippen molar-refractivity contribution in [3.63, 3.8) is 0 Å². The zero-order valence-electron chi connectivity index (χ0n) is 10.3. The third kappa shape index (κ3) is 2.86. The Morgan fingerprint density at radius 3 is 2.59 bits per heavy atom.